The van der Waals surface area contributed by atoms with Crippen LogP contribution in [0.25, 0.3) is 0 Å². The summed E-state index contributed by atoms with van der Waals surface area (Å²) in [6.07, 6.45) is 1.04. The second kappa shape index (κ2) is 6.58. The van der Waals surface area contributed by atoms with Crippen molar-refractivity contribution in [1.29, 1.82) is 0 Å². The lowest BCUT2D eigenvalue weighted by atomic mass is 10.1. The number of aromatic nitrogens is 1. The second-order valence-electron chi connectivity index (χ2n) is 4.93. The van der Waals surface area contributed by atoms with E-state index in [1.165, 1.54) is 7.11 Å². The first-order valence-electron chi connectivity index (χ1n) is 6.58. The van der Waals surface area contributed by atoms with Crippen LogP contribution >= 0.6 is 23.2 Å². The highest BCUT2D eigenvalue weighted by atomic mass is 35.5. The normalized spacial score (nSPS) is 15.9. The van der Waals surface area contributed by atoms with Crippen molar-refractivity contribution in [3.63, 3.8) is 0 Å². The molecule has 0 atom stereocenters. The molecule has 0 saturated carbocycles. The first-order valence-corrected chi connectivity index (χ1v) is 7.34. The van der Waals surface area contributed by atoms with Crippen LogP contribution in [0, 0.1) is 0 Å². The molecule has 1 fully saturated rings. The van der Waals surface area contributed by atoms with E-state index in [1.54, 1.807) is 22.6 Å². The minimum atomic E-state index is -0.333. The summed E-state index contributed by atoms with van der Waals surface area (Å²) in [5, 5.41) is 3.63. The summed E-state index contributed by atoms with van der Waals surface area (Å²) in [7, 11) is 3.04. The highest BCUT2D eigenvalue weighted by Crippen LogP contribution is 2.25. The topological polar surface area (TPSA) is 63.6 Å². The molecule has 1 aliphatic heterocycles. The summed E-state index contributed by atoms with van der Waals surface area (Å²) in [5.41, 5.74) is 0.417. The molecule has 8 heteroatoms. The van der Waals surface area contributed by atoms with E-state index < -0.39 is 0 Å². The zero-order chi connectivity index (χ0) is 15.6. The highest BCUT2D eigenvalue weighted by Gasteiger charge is 2.25. The summed E-state index contributed by atoms with van der Waals surface area (Å²) in [6.45, 7) is 1.12. The van der Waals surface area contributed by atoms with E-state index in [0.717, 1.165) is 0 Å². The van der Waals surface area contributed by atoms with E-state index in [4.69, 9.17) is 23.2 Å². The van der Waals surface area contributed by atoms with E-state index >= 15 is 0 Å². The van der Waals surface area contributed by atoms with E-state index in [1.807, 2.05) is 0 Å². The van der Waals surface area contributed by atoms with Crippen molar-refractivity contribution in [3.8, 4) is 0 Å². The molecular weight excluding hydrogens is 317 g/mol. The monoisotopic (exact) mass is 333 g/mol. The first kappa shape index (κ1) is 16.0. The molecule has 6 nitrogen and oxygen atoms in total. The van der Waals surface area contributed by atoms with Gasteiger partial charge in [-0.05, 0) is 18.9 Å². The van der Waals surface area contributed by atoms with Crippen molar-refractivity contribution in [3.05, 3.63) is 21.9 Å². The minimum Gasteiger partial charge on any atom is -0.453 e. The van der Waals surface area contributed by atoms with Crippen LogP contribution in [0.2, 0.25) is 10.2 Å². The van der Waals surface area contributed by atoms with E-state index in [-0.39, 0.29) is 18.0 Å². The van der Waals surface area contributed by atoms with Crippen LogP contribution in [0.15, 0.2) is 6.07 Å². The number of hydrogen-bond donors (Lipinski definition) is 1. The number of carbonyl (C=O) groups is 2. The zero-order valence-electron chi connectivity index (χ0n) is 11.9. The van der Waals surface area contributed by atoms with Gasteiger partial charge in [0.25, 0.3) is 5.91 Å². The number of likely N-dealkylation sites (tertiary alicyclic amines) is 1. The van der Waals surface area contributed by atoms with Crippen LogP contribution in [0.1, 0.15) is 23.3 Å². The fourth-order valence-corrected chi connectivity index (χ4v) is 2.73. The van der Waals surface area contributed by atoms with Gasteiger partial charge in [-0.2, -0.15) is 0 Å². The fourth-order valence-electron chi connectivity index (χ4n) is 2.36. The third kappa shape index (κ3) is 3.44. The second-order valence-corrected chi connectivity index (χ2v) is 5.70. The van der Waals surface area contributed by atoms with E-state index in [2.05, 4.69) is 10.1 Å². The third-order valence-corrected chi connectivity index (χ3v) is 4.45. The molecule has 0 unspecified atom stereocenters. The van der Waals surface area contributed by atoms with Gasteiger partial charge in [0.2, 0.25) is 0 Å². The molecule has 2 heterocycles. The van der Waals surface area contributed by atoms with Gasteiger partial charge in [-0.15, -0.1) is 0 Å². The smallest absolute Gasteiger partial charge is 0.409 e. The Morgan fingerprint density at radius 2 is 1.95 bits per heavy atom. The number of hydrogen-bond acceptors (Lipinski definition) is 3. The molecule has 1 aromatic heterocycles. The zero-order valence-corrected chi connectivity index (χ0v) is 13.4. The average Bonchev–Trinajstić information content (AvgIpc) is 2.75. The van der Waals surface area contributed by atoms with Gasteiger partial charge in [0.1, 0.15) is 10.8 Å². The third-order valence-electron chi connectivity index (χ3n) is 3.61. The Morgan fingerprint density at radius 3 is 2.43 bits per heavy atom. The van der Waals surface area contributed by atoms with Gasteiger partial charge < -0.3 is 19.5 Å². The maximum atomic E-state index is 12.2. The average molecular weight is 334 g/mol. The Labute approximate surface area is 132 Å². The Balaban J connectivity index is 1.93. The van der Waals surface area contributed by atoms with Crippen molar-refractivity contribution in [2.75, 3.05) is 20.2 Å². The van der Waals surface area contributed by atoms with Gasteiger partial charge in [-0.1, -0.05) is 23.2 Å². The molecule has 0 aromatic carbocycles. The summed E-state index contributed by atoms with van der Waals surface area (Å²) >= 11 is 11.8. The van der Waals surface area contributed by atoms with Gasteiger partial charge in [0, 0.05) is 26.2 Å². The number of ether oxygens (including phenoxy) is 1. The Morgan fingerprint density at radius 1 is 1.33 bits per heavy atom. The molecule has 0 bridgehead atoms. The molecular formula is C13H17Cl2N3O3. The van der Waals surface area contributed by atoms with Crippen LogP contribution in [0.3, 0.4) is 0 Å². The summed E-state index contributed by atoms with van der Waals surface area (Å²) in [4.78, 5) is 25.2. The molecule has 2 amide bonds. The molecule has 2 rings (SSSR count). The van der Waals surface area contributed by atoms with Crippen molar-refractivity contribution in [1.82, 2.24) is 14.8 Å². The summed E-state index contributed by atoms with van der Waals surface area (Å²) < 4.78 is 6.22. The van der Waals surface area contributed by atoms with Gasteiger partial charge in [0.05, 0.1) is 12.1 Å². The number of nitrogens with zero attached hydrogens (tertiary/aromatic N) is 2. The molecule has 0 spiro atoms. The molecule has 1 saturated heterocycles. The van der Waals surface area contributed by atoms with Crippen molar-refractivity contribution < 1.29 is 14.3 Å². The quantitative estimate of drug-likeness (QED) is 0.903. The van der Waals surface area contributed by atoms with Crippen LogP contribution in [-0.2, 0) is 11.8 Å². The number of halogens is 2. The SMILES string of the molecule is COC(=O)N1CCC(NC(=O)c2cc(Cl)c(Cl)n2C)CC1. The highest BCUT2D eigenvalue weighted by molar-refractivity contribution is 6.41. The fraction of sp³-hybridized carbons (Fsp3) is 0.538. The number of piperidine rings is 1. The predicted molar refractivity (Wildman–Crippen MR) is 79.9 cm³/mol. The molecule has 1 aromatic rings. The molecule has 21 heavy (non-hydrogen) atoms. The molecule has 0 radical (unpaired) electrons. The summed E-state index contributed by atoms with van der Waals surface area (Å²) in [5.74, 6) is -0.220. The molecule has 1 aliphatic rings. The largest absolute Gasteiger partial charge is 0.453 e. The van der Waals surface area contributed by atoms with Crippen molar-refractivity contribution >= 4 is 35.2 Å². The van der Waals surface area contributed by atoms with Crippen LogP contribution in [0.5, 0.6) is 0 Å². The van der Waals surface area contributed by atoms with Crippen LogP contribution in [0.4, 0.5) is 4.79 Å². The number of amides is 2. The number of carbonyl (C=O) groups excluding carboxylic acids is 2. The van der Waals surface area contributed by atoms with Gasteiger partial charge in [0.15, 0.2) is 0 Å². The van der Waals surface area contributed by atoms with Crippen LogP contribution < -0.4 is 5.32 Å². The lowest BCUT2D eigenvalue weighted by molar-refractivity contribution is 0.0885. The van der Waals surface area contributed by atoms with E-state index in [9.17, 15) is 9.59 Å². The Bertz CT molecular complexity index is 551. The first-order chi connectivity index (χ1) is 9.93. The van der Waals surface area contributed by atoms with Gasteiger partial charge in [-0.3, -0.25) is 4.79 Å². The predicted octanol–water partition coefficient (Wildman–Crippen LogP) is 2.29. The maximum absolute atomic E-state index is 12.2. The molecule has 116 valence electrons. The summed E-state index contributed by atoms with van der Waals surface area (Å²) in [6, 6.07) is 1.56. The van der Waals surface area contributed by atoms with Crippen molar-refractivity contribution in [2.45, 2.75) is 18.9 Å². The standard InChI is InChI=1S/C13H17Cl2N3O3/c1-17-10(7-9(14)11(17)15)12(19)16-8-3-5-18(6-4-8)13(20)21-2/h7-8H,3-6H2,1-2H3,(H,16,19). The van der Waals surface area contributed by atoms with Gasteiger partial charge in [-0.25, -0.2) is 4.79 Å². The maximum Gasteiger partial charge on any atom is 0.409 e. The van der Waals surface area contributed by atoms with E-state index in [0.29, 0.717) is 41.8 Å². The lowest BCUT2D eigenvalue weighted by Crippen LogP contribution is -2.46. The Hall–Kier alpha value is -1.40. The van der Waals surface area contributed by atoms with Gasteiger partial charge >= 0.3 is 6.09 Å². The van der Waals surface area contributed by atoms with Crippen LogP contribution in [-0.4, -0.2) is 47.7 Å². The molecule has 1 N–H and O–H groups in total. The minimum absolute atomic E-state index is 0.0193. The number of nitrogens with one attached hydrogen (secondary N) is 1. The molecule has 0 aliphatic carbocycles. The van der Waals surface area contributed by atoms with Crippen molar-refractivity contribution in [2.24, 2.45) is 7.05 Å². The Kier molecular flexibility index (Phi) is 5.00. The lowest BCUT2D eigenvalue weighted by Gasteiger charge is -2.31. The number of methoxy groups -OCH3 is 1. The number of rotatable bonds is 2.